The largest absolute Gasteiger partial charge is 0.384 e. The van der Waals surface area contributed by atoms with E-state index in [0.717, 1.165) is 28.6 Å². The molecule has 0 spiro atoms. The first-order chi connectivity index (χ1) is 8.29. The number of nitrogen functional groups attached to an aromatic ring is 1. The van der Waals surface area contributed by atoms with Gasteiger partial charge in [-0.1, -0.05) is 37.3 Å². The van der Waals surface area contributed by atoms with Gasteiger partial charge in [-0.2, -0.15) is 11.8 Å². The highest BCUT2D eigenvalue weighted by Crippen LogP contribution is 2.19. The van der Waals surface area contributed by atoms with Gasteiger partial charge in [-0.3, -0.25) is 0 Å². The number of hydrogen-bond acceptors (Lipinski definition) is 4. The first kappa shape index (κ1) is 11.9. The van der Waals surface area contributed by atoms with E-state index in [-0.39, 0.29) is 0 Å². The fraction of sp³-hybridized carbons (Fsp3) is 0.231. The SMILES string of the molecule is CCSCc1nc(N)cc(-c2ccccc2)n1. The number of nitrogens with zero attached hydrogens (tertiary/aromatic N) is 2. The van der Waals surface area contributed by atoms with E-state index >= 15 is 0 Å². The van der Waals surface area contributed by atoms with Gasteiger partial charge in [-0.25, -0.2) is 9.97 Å². The van der Waals surface area contributed by atoms with Gasteiger partial charge in [0, 0.05) is 11.6 Å². The van der Waals surface area contributed by atoms with Crippen molar-refractivity contribution in [3.63, 3.8) is 0 Å². The van der Waals surface area contributed by atoms with Crippen molar-refractivity contribution < 1.29 is 0 Å². The predicted molar refractivity (Wildman–Crippen MR) is 73.7 cm³/mol. The van der Waals surface area contributed by atoms with Crippen LogP contribution in [0.25, 0.3) is 11.3 Å². The summed E-state index contributed by atoms with van der Waals surface area (Å²) in [6.45, 7) is 2.12. The van der Waals surface area contributed by atoms with Gasteiger partial charge in [-0.05, 0) is 5.75 Å². The molecule has 0 aliphatic heterocycles. The standard InChI is InChI=1S/C13H15N3S/c1-2-17-9-13-15-11(8-12(14)16-13)10-6-4-3-5-7-10/h3-8H,2,9H2,1H3,(H2,14,15,16). The number of aromatic nitrogens is 2. The second-order valence-electron chi connectivity index (χ2n) is 3.60. The second-order valence-corrected chi connectivity index (χ2v) is 4.87. The molecular weight excluding hydrogens is 230 g/mol. The molecule has 0 aliphatic rings. The Labute approximate surface area is 105 Å². The minimum atomic E-state index is 0.533. The third-order valence-electron chi connectivity index (χ3n) is 2.30. The number of rotatable bonds is 4. The van der Waals surface area contributed by atoms with Gasteiger partial charge in [0.25, 0.3) is 0 Å². The molecule has 4 heteroatoms. The van der Waals surface area contributed by atoms with Crippen molar-refractivity contribution in [3.05, 3.63) is 42.2 Å². The van der Waals surface area contributed by atoms with Crippen molar-refractivity contribution in [1.82, 2.24) is 9.97 Å². The van der Waals surface area contributed by atoms with Crippen LogP contribution >= 0.6 is 11.8 Å². The van der Waals surface area contributed by atoms with E-state index in [4.69, 9.17) is 5.73 Å². The Bertz CT molecular complexity index is 485. The molecule has 0 atom stereocenters. The molecule has 0 fully saturated rings. The molecule has 3 nitrogen and oxygen atoms in total. The zero-order valence-electron chi connectivity index (χ0n) is 9.76. The first-order valence-corrected chi connectivity index (χ1v) is 6.71. The molecule has 17 heavy (non-hydrogen) atoms. The number of thioether (sulfide) groups is 1. The normalized spacial score (nSPS) is 10.4. The van der Waals surface area contributed by atoms with E-state index < -0.39 is 0 Å². The van der Waals surface area contributed by atoms with Crippen LogP contribution in [0.3, 0.4) is 0 Å². The van der Waals surface area contributed by atoms with Gasteiger partial charge >= 0.3 is 0 Å². The van der Waals surface area contributed by atoms with E-state index in [1.807, 2.05) is 36.4 Å². The van der Waals surface area contributed by atoms with E-state index in [9.17, 15) is 0 Å². The monoisotopic (exact) mass is 245 g/mol. The Morgan fingerprint density at radius 3 is 2.65 bits per heavy atom. The van der Waals surface area contributed by atoms with Gasteiger partial charge in [-0.15, -0.1) is 0 Å². The van der Waals surface area contributed by atoms with Gasteiger partial charge in [0.1, 0.15) is 11.6 Å². The molecule has 88 valence electrons. The van der Waals surface area contributed by atoms with E-state index in [1.54, 1.807) is 11.8 Å². The molecule has 1 aromatic carbocycles. The van der Waals surface area contributed by atoms with Crippen LogP contribution in [0.4, 0.5) is 5.82 Å². The topological polar surface area (TPSA) is 51.8 Å². The summed E-state index contributed by atoms with van der Waals surface area (Å²) in [5.41, 5.74) is 7.77. The fourth-order valence-electron chi connectivity index (χ4n) is 1.53. The van der Waals surface area contributed by atoms with Gasteiger partial charge in [0.15, 0.2) is 0 Å². The van der Waals surface area contributed by atoms with Crippen LogP contribution in [0.5, 0.6) is 0 Å². The maximum Gasteiger partial charge on any atom is 0.141 e. The average molecular weight is 245 g/mol. The Kier molecular flexibility index (Phi) is 3.98. The highest BCUT2D eigenvalue weighted by Gasteiger charge is 2.04. The highest BCUT2D eigenvalue weighted by molar-refractivity contribution is 7.98. The third-order valence-corrected chi connectivity index (χ3v) is 3.17. The summed E-state index contributed by atoms with van der Waals surface area (Å²) in [6, 6.07) is 11.8. The van der Waals surface area contributed by atoms with Crippen molar-refractivity contribution in [2.75, 3.05) is 11.5 Å². The molecule has 0 unspecified atom stereocenters. The lowest BCUT2D eigenvalue weighted by molar-refractivity contribution is 1.05. The van der Waals surface area contributed by atoms with Crippen LogP contribution < -0.4 is 5.73 Å². The maximum absolute atomic E-state index is 5.81. The Morgan fingerprint density at radius 1 is 1.18 bits per heavy atom. The van der Waals surface area contributed by atoms with E-state index in [2.05, 4.69) is 16.9 Å². The van der Waals surface area contributed by atoms with Crippen LogP contribution in [0, 0.1) is 0 Å². The zero-order chi connectivity index (χ0) is 12.1. The Balaban J connectivity index is 2.32. The molecule has 1 aromatic heterocycles. The molecule has 0 amide bonds. The maximum atomic E-state index is 5.81. The number of benzene rings is 1. The molecule has 0 saturated carbocycles. The summed E-state index contributed by atoms with van der Waals surface area (Å²) in [6.07, 6.45) is 0. The fourth-order valence-corrected chi connectivity index (χ4v) is 2.05. The molecule has 2 rings (SSSR count). The lowest BCUT2D eigenvalue weighted by Crippen LogP contribution is -2.00. The van der Waals surface area contributed by atoms with Crippen molar-refractivity contribution in [2.24, 2.45) is 0 Å². The van der Waals surface area contributed by atoms with Crippen molar-refractivity contribution in [1.29, 1.82) is 0 Å². The van der Waals surface area contributed by atoms with Crippen LogP contribution in [-0.2, 0) is 5.75 Å². The molecule has 2 N–H and O–H groups in total. The minimum Gasteiger partial charge on any atom is -0.384 e. The van der Waals surface area contributed by atoms with E-state index in [0.29, 0.717) is 5.82 Å². The molecule has 1 heterocycles. The quantitative estimate of drug-likeness (QED) is 0.899. The lowest BCUT2D eigenvalue weighted by atomic mass is 10.1. The summed E-state index contributed by atoms with van der Waals surface area (Å²) in [4.78, 5) is 8.77. The Morgan fingerprint density at radius 2 is 1.94 bits per heavy atom. The smallest absolute Gasteiger partial charge is 0.141 e. The summed E-state index contributed by atoms with van der Waals surface area (Å²) in [7, 11) is 0. The summed E-state index contributed by atoms with van der Waals surface area (Å²) in [5.74, 6) is 3.20. The van der Waals surface area contributed by atoms with Crippen LogP contribution in [-0.4, -0.2) is 15.7 Å². The lowest BCUT2D eigenvalue weighted by Gasteiger charge is -2.05. The molecule has 2 aromatic rings. The predicted octanol–water partition coefficient (Wildman–Crippen LogP) is 2.98. The van der Waals surface area contributed by atoms with Gasteiger partial charge in [0.2, 0.25) is 0 Å². The Hall–Kier alpha value is -1.55. The molecule has 0 radical (unpaired) electrons. The molecular formula is C13H15N3S. The van der Waals surface area contributed by atoms with Gasteiger partial charge in [0.05, 0.1) is 11.4 Å². The van der Waals surface area contributed by atoms with Gasteiger partial charge < -0.3 is 5.73 Å². The average Bonchev–Trinajstić information content (AvgIpc) is 2.37. The summed E-state index contributed by atoms with van der Waals surface area (Å²) < 4.78 is 0. The molecule has 0 aliphatic carbocycles. The van der Waals surface area contributed by atoms with Crippen molar-refractivity contribution >= 4 is 17.6 Å². The van der Waals surface area contributed by atoms with Crippen molar-refractivity contribution in [3.8, 4) is 11.3 Å². The second kappa shape index (κ2) is 5.68. The number of nitrogens with two attached hydrogens (primary N) is 1. The van der Waals surface area contributed by atoms with Crippen molar-refractivity contribution in [2.45, 2.75) is 12.7 Å². The number of anilines is 1. The molecule has 0 saturated heterocycles. The third kappa shape index (κ3) is 3.20. The molecule has 0 bridgehead atoms. The number of hydrogen-bond donors (Lipinski definition) is 1. The van der Waals surface area contributed by atoms with Crippen LogP contribution in [0.2, 0.25) is 0 Å². The van der Waals surface area contributed by atoms with Crippen LogP contribution in [0.1, 0.15) is 12.7 Å². The zero-order valence-corrected chi connectivity index (χ0v) is 10.6. The first-order valence-electron chi connectivity index (χ1n) is 5.56. The van der Waals surface area contributed by atoms with Crippen LogP contribution in [0.15, 0.2) is 36.4 Å². The highest BCUT2D eigenvalue weighted by atomic mass is 32.2. The van der Waals surface area contributed by atoms with E-state index in [1.165, 1.54) is 0 Å². The summed E-state index contributed by atoms with van der Waals surface area (Å²) in [5, 5.41) is 0. The summed E-state index contributed by atoms with van der Waals surface area (Å²) >= 11 is 1.79. The minimum absolute atomic E-state index is 0.533.